The Morgan fingerprint density at radius 2 is 1.75 bits per heavy atom. The average Bonchev–Trinajstić information content (AvgIpc) is 2.60. The number of anilines is 1. The van der Waals surface area contributed by atoms with Crippen LogP contribution in [0.25, 0.3) is 0 Å². The maximum atomic E-state index is 12.9. The molecular weight excluding hydrogens is 358 g/mol. The van der Waals surface area contributed by atoms with Gasteiger partial charge in [0.1, 0.15) is 16.9 Å². The van der Waals surface area contributed by atoms with Gasteiger partial charge in [0.2, 0.25) is 0 Å². The minimum Gasteiger partial charge on any atom is -0.492 e. The molecule has 1 N–H and O–H groups in total. The van der Waals surface area contributed by atoms with E-state index in [9.17, 15) is 9.59 Å². The Bertz CT molecular complexity index is 656. The van der Waals surface area contributed by atoms with E-state index in [-0.39, 0.29) is 12.5 Å². The first-order chi connectivity index (χ1) is 13.1. The van der Waals surface area contributed by atoms with Crippen molar-refractivity contribution >= 4 is 17.6 Å². The molecule has 1 aromatic rings. The fraction of sp³-hybridized carbons (Fsp3) is 0.636. The second-order valence-electron chi connectivity index (χ2n) is 7.85. The highest BCUT2D eigenvalue weighted by molar-refractivity contribution is 5.99. The van der Waals surface area contributed by atoms with E-state index < -0.39 is 11.6 Å². The Morgan fingerprint density at radius 1 is 1.07 bits per heavy atom. The quantitative estimate of drug-likeness (QED) is 0.553. The van der Waals surface area contributed by atoms with Crippen LogP contribution in [0.4, 0.5) is 5.69 Å². The molecule has 0 radical (unpaired) electrons. The van der Waals surface area contributed by atoms with Crippen molar-refractivity contribution in [2.75, 3.05) is 25.1 Å². The van der Waals surface area contributed by atoms with Gasteiger partial charge in [-0.15, -0.1) is 0 Å². The van der Waals surface area contributed by atoms with Gasteiger partial charge in [-0.05, 0) is 57.2 Å². The van der Waals surface area contributed by atoms with Gasteiger partial charge >= 0.3 is 5.97 Å². The number of nitrogens with one attached hydrogen (secondary N) is 1. The molecule has 6 nitrogen and oxygen atoms in total. The smallest absolute Gasteiger partial charge is 0.341 e. The van der Waals surface area contributed by atoms with Crippen molar-refractivity contribution in [2.45, 2.75) is 60.5 Å². The number of amides is 1. The second-order valence-corrected chi connectivity index (χ2v) is 7.85. The highest BCUT2D eigenvalue weighted by atomic mass is 16.5. The molecule has 1 atom stereocenters. The molecule has 28 heavy (non-hydrogen) atoms. The number of hydrogen-bond donors (Lipinski definition) is 1. The van der Waals surface area contributed by atoms with Crippen LogP contribution < -0.4 is 10.1 Å². The molecule has 0 aliphatic rings. The molecule has 1 aromatic carbocycles. The van der Waals surface area contributed by atoms with Crippen LogP contribution in [0.15, 0.2) is 18.2 Å². The highest BCUT2D eigenvalue weighted by Crippen LogP contribution is 2.27. The zero-order valence-electron chi connectivity index (χ0n) is 18.3. The monoisotopic (exact) mass is 393 g/mol. The Balaban J connectivity index is 3.11. The molecular formula is C22H35NO5. The van der Waals surface area contributed by atoms with Gasteiger partial charge in [0.25, 0.3) is 5.91 Å². The van der Waals surface area contributed by atoms with Crippen molar-refractivity contribution in [3.05, 3.63) is 23.8 Å². The van der Waals surface area contributed by atoms with Crippen molar-refractivity contribution in [3.63, 3.8) is 0 Å². The van der Waals surface area contributed by atoms with E-state index in [1.165, 1.54) is 0 Å². The minimum atomic E-state index is -0.945. The molecule has 0 saturated carbocycles. The summed E-state index contributed by atoms with van der Waals surface area (Å²) in [7, 11) is 0. The Kier molecular flexibility index (Phi) is 9.46. The van der Waals surface area contributed by atoms with Crippen LogP contribution in [-0.2, 0) is 14.3 Å². The fourth-order valence-corrected chi connectivity index (χ4v) is 2.94. The molecule has 0 aliphatic carbocycles. The topological polar surface area (TPSA) is 73.9 Å². The summed E-state index contributed by atoms with van der Waals surface area (Å²) >= 11 is 0. The van der Waals surface area contributed by atoms with Crippen LogP contribution >= 0.6 is 0 Å². The van der Waals surface area contributed by atoms with Crippen LogP contribution in [0.1, 0.15) is 65.2 Å². The number of benzene rings is 1. The molecule has 0 fully saturated rings. The lowest BCUT2D eigenvalue weighted by Crippen LogP contribution is -2.44. The molecule has 158 valence electrons. The molecule has 1 amide bonds. The molecule has 1 rings (SSSR count). The molecule has 0 unspecified atom stereocenters. The predicted molar refractivity (Wildman–Crippen MR) is 111 cm³/mol. The first-order valence-electron chi connectivity index (χ1n) is 10.0. The second kappa shape index (κ2) is 11.1. The highest BCUT2D eigenvalue weighted by Gasteiger charge is 2.35. The summed E-state index contributed by atoms with van der Waals surface area (Å²) in [6.07, 6.45) is 0.590. The van der Waals surface area contributed by atoms with Gasteiger partial charge in [0, 0.05) is 12.3 Å². The third kappa shape index (κ3) is 7.15. The van der Waals surface area contributed by atoms with Crippen LogP contribution in [0.5, 0.6) is 5.75 Å². The summed E-state index contributed by atoms with van der Waals surface area (Å²) in [6, 6.07) is 5.00. The lowest BCUT2D eigenvalue weighted by Gasteiger charge is -2.30. The first kappa shape index (κ1) is 24.0. The zero-order chi connectivity index (χ0) is 21.3. The number of hydrogen-bond acceptors (Lipinski definition) is 5. The zero-order valence-corrected chi connectivity index (χ0v) is 18.3. The summed E-state index contributed by atoms with van der Waals surface area (Å²) in [6.45, 7) is 14.7. The maximum Gasteiger partial charge on any atom is 0.341 e. The summed E-state index contributed by atoms with van der Waals surface area (Å²) < 4.78 is 16.6. The molecule has 0 aliphatic heterocycles. The molecule has 0 bridgehead atoms. The minimum absolute atomic E-state index is 0.242. The third-order valence-electron chi connectivity index (χ3n) is 4.05. The van der Waals surface area contributed by atoms with E-state index in [0.29, 0.717) is 48.5 Å². The summed E-state index contributed by atoms with van der Waals surface area (Å²) in [5, 5.41) is 2.87. The van der Waals surface area contributed by atoms with E-state index >= 15 is 0 Å². The van der Waals surface area contributed by atoms with Crippen LogP contribution in [0, 0.1) is 11.8 Å². The van der Waals surface area contributed by atoms with Gasteiger partial charge in [-0.3, -0.25) is 4.79 Å². The van der Waals surface area contributed by atoms with Crippen LogP contribution in [0.3, 0.4) is 0 Å². The largest absolute Gasteiger partial charge is 0.492 e. The van der Waals surface area contributed by atoms with E-state index in [1.807, 2.05) is 34.6 Å². The van der Waals surface area contributed by atoms with E-state index in [1.54, 1.807) is 32.0 Å². The average molecular weight is 394 g/mol. The number of rotatable bonds is 11. The molecule has 0 aromatic heterocycles. The van der Waals surface area contributed by atoms with Gasteiger partial charge in [-0.1, -0.05) is 27.7 Å². The normalized spacial score (nSPS) is 13.3. The Labute approximate surface area is 168 Å². The lowest BCUT2D eigenvalue weighted by molar-refractivity contribution is -0.140. The van der Waals surface area contributed by atoms with Gasteiger partial charge < -0.3 is 19.5 Å². The van der Waals surface area contributed by atoms with Crippen molar-refractivity contribution in [1.29, 1.82) is 0 Å². The van der Waals surface area contributed by atoms with Gasteiger partial charge in [0.15, 0.2) is 0 Å². The standard InChI is InChI=1S/C22H35NO5/c1-8-26-20(24)18-12-17(10-11-19(18)27-14-16(5)6)23-21(25)22(7,28-9-2)13-15(3)4/h10-12,15-16H,8-9,13-14H2,1-7H3,(H,23,25)/t22-/m1/s1. The maximum absolute atomic E-state index is 12.9. The molecule has 0 spiro atoms. The lowest BCUT2D eigenvalue weighted by atomic mass is 9.93. The molecule has 0 saturated heterocycles. The molecule has 0 heterocycles. The number of carbonyl (C=O) groups is 2. The SMILES string of the molecule is CCOC(=O)c1cc(NC(=O)[C@@](C)(CC(C)C)OCC)ccc1OCC(C)C. The number of carbonyl (C=O) groups excluding carboxylic acids is 2. The van der Waals surface area contributed by atoms with E-state index in [4.69, 9.17) is 14.2 Å². The van der Waals surface area contributed by atoms with Crippen LogP contribution in [-0.4, -0.2) is 37.3 Å². The number of ether oxygens (including phenoxy) is 3. The van der Waals surface area contributed by atoms with Gasteiger partial charge in [-0.2, -0.15) is 0 Å². The van der Waals surface area contributed by atoms with Gasteiger partial charge in [-0.25, -0.2) is 4.79 Å². The van der Waals surface area contributed by atoms with Crippen molar-refractivity contribution in [3.8, 4) is 5.75 Å². The fourth-order valence-electron chi connectivity index (χ4n) is 2.94. The summed E-state index contributed by atoms with van der Waals surface area (Å²) in [5.41, 5.74) is -0.151. The third-order valence-corrected chi connectivity index (χ3v) is 4.05. The van der Waals surface area contributed by atoms with Crippen molar-refractivity contribution in [2.24, 2.45) is 11.8 Å². The molecule has 6 heteroatoms. The van der Waals surface area contributed by atoms with Gasteiger partial charge in [0.05, 0.1) is 13.2 Å². The Morgan fingerprint density at radius 3 is 2.29 bits per heavy atom. The van der Waals surface area contributed by atoms with Crippen molar-refractivity contribution in [1.82, 2.24) is 0 Å². The summed E-state index contributed by atoms with van der Waals surface area (Å²) in [5.74, 6) is 0.335. The van der Waals surface area contributed by atoms with E-state index in [0.717, 1.165) is 0 Å². The number of esters is 1. The van der Waals surface area contributed by atoms with E-state index in [2.05, 4.69) is 5.32 Å². The van der Waals surface area contributed by atoms with Crippen LogP contribution in [0.2, 0.25) is 0 Å². The first-order valence-corrected chi connectivity index (χ1v) is 10.0. The summed E-state index contributed by atoms with van der Waals surface area (Å²) in [4.78, 5) is 25.2. The Hall–Kier alpha value is -2.08. The predicted octanol–water partition coefficient (Wildman–Crippen LogP) is 4.68. The van der Waals surface area contributed by atoms with Crippen molar-refractivity contribution < 1.29 is 23.8 Å².